The quantitative estimate of drug-likeness (QED) is 0.613. The van der Waals surface area contributed by atoms with Crippen LogP contribution in [0.25, 0.3) is 11.1 Å². The van der Waals surface area contributed by atoms with E-state index in [1.807, 2.05) is 43.5 Å². The van der Waals surface area contributed by atoms with Crippen molar-refractivity contribution in [3.8, 4) is 22.6 Å². The maximum Gasteiger partial charge on any atom is 0.242 e. The summed E-state index contributed by atoms with van der Waals surface area (Å²) in [4.78, 5) is 8.89. The highest BCUT2D eigenvalue weighted by atomic mass is 16.5. The molecule has 1 saturated carbocycles. The molecule has 2 atom stereocenters. The van der Waals surface area contributed by atoms with E-state index in [2.05, 4.69) is 30.8 Å². The molecular formula is C22H26N6O2. The van der Waals surface area contributed by atoms with E-state index in [-0.39, 0.29) is 0 Å². The summed E-state index contributed by atoms with van der Waals surface area (Å²) in [5.74, 6) is 2.95. The number of nitrogens with zero attached hydrogens (tertiary/aromatic N) is 4. The van der Waals surface area contributed by atoms with E-state index in [4.69, 9.17) is 9.47 Å². The molecule has 2 unspecified atom stereocenters. The van der Waals surface area contributed by atoms with Gasteiger partial charge in [-0.2, -0.15) is 5.10 Å². The third kappa shape index (κ3) is 4.42. The number of hydrogen-bond acceptors (Lipinski definition) is 8. The van der Waals surface area contributed by atoms with Gasteiger partial charge in [-0.1, -0.05) is 6.07 Å². The predicted molar refractivity (Wildman–Crippen MR) is 116 cm³/mol. The molecule has 2 N–H and O–H groups in total. The Morgan fingerprint density at radius 1 is 0.867 bits per heavy atom. The van der Waals surface area contributed by atoms with Crippen molar-refractivity contribution in [1.29, 1.82) is 0 Å². The van der Waals surface area contributed by atoms with Crippen LogP contribution in [0, 0.1) is 6.92 Å². The number of ether oxygens (including phenoxy) is 2. The Morgan fingerprint density at radius 3 is 2.20 bits per heavy atom. The summed E-state index contributed by atoms with van der Waals surface area (Å²) in [6.45, 7) is 1.88. The summed E-state index contributed by atoms with van der Waals surface area (Å²) in [5, 5.41) is 15.0. The molecule has 30 heavy (non-hydrogen) atoms. The van der Waals surface area contributed by atoms with Crippen molar-refractivity contribution in [3.63, 3.8) is 0 Å². The van der Waals surface area contributed by atoms with Crippen LogP contribution >= 0.6 is 0 Å². The van der Waals surface area contributed by atoms with Gasteiger partial charge in [0.15, 0.2) is 0 Å². The van der Waals surface area contributed by atoms with Crippen LogP contribution in [-0.4, -0.2) is 46.5 Å². The lowest BCUT2D eigenvalue weighted by molar-refractivity contribution is 0.397. The first kappa shape index (κ1) is 19.9. The molecule has 0 saturated heterocycles. The monoisotopic (exact) mass is 406 g/mol. The first-order valence-corrected chi connectivity index (χ1v) is 10.0. The lowest BCUT2D eigenvalue weighted by atomic mass is 10.1. The number of nitrogens with one attached hydrogen (secondary N) is 2. The normalized spacial score (nSPS) is 18.1. The van der Waals surface area contributed by atoms with E-state index in [0.29, 0.717) is 18.0 Å². The van der Waals surface area contributed by atoms with Gasteiger partial charge >= 0.3 is 0 Å². The molecule has 156 valence electrons. The second kappa shape index (κ2) is 8.94. The molecule has 2 heterocycles. The minimum absolute atomic E-state index is 0.323. The molecule has 2 aromatic heterocycles. The number of benzene rings is 1. The summed E-state index contributed by atoms with van der Waals surface area (Å²) in [6.07, 6.45) is 6.65. The van der Waals surface area contributed by atoms with Gasteiger partial charge in [0.2, 0.25) is 5.95 Å². The fraction of sp³-hybridized carbons (Fsp3) is 0.364. The lowest BCUT2D eigenvalue weighted by Crippen LogP contribution is -2.22. The van der Waals surface area contributed by atoms with E-state index in [1.54, 1.807) is 20.4 Å². The maximum atomic E-state index is 5.50. The molecule has 0 amide bonds. The highest BCUT2D eigenvalue weighted by molar-refractivity contribution is 5.76. The average molecular weight is 406 g/mol. The van der Waals surface area contributed by atoms with Crippen molar-refractivity contribution in [2.24, 2.45) is 0 Å². The smallest absolute Gasteiger partial charge is 0.242 e. The molecule has 8 nitrogen and oxygen atoms in total. The van der Waals surface area contributed by atoms with Crippen molar-refractivity contribution in [2.45, 2.75) is 38.3 Å². The van der Waals surface area contributed by atoms with Gasteiger partial charge in [0.25, 0.3) is 0 Å². The van der Waals surface area contributed by atoms with Gasteiger partial charge in [-0.25, -0.2) is 9.97 Å². The Labute approximate surface area is 176 Å². The second-order valence-corrected chi connectivity index (χ2v) is 7.39. The van der Waals surface area contributed by atoms with Crippen LogP contribution in [-0.2, 0) is 0 Å². The Hall–Kier alpha value is -3.42. The van der Waals surface area contributed by atoms with Crippen LogP contribution in [0.1, 0.15) is 25.0 Å². The zero-order chi connectivity index (χ0) is 20.9. The predicted octanol–water partition coefficient (Wildman–Crippen LogP) is 3.70. The number of aromatic nitrogens is 4. The van der Waals surface area contributed by atoms with Gasteiger partial charge in [-0.15, -0.1) is 5.10 Å². The third-order valence-corrected chi connectivity index (χ3v) is 5.27. The van der Waals surface area contributed by atoms with Gasteiger partial charge < -0.3 is 20.1 Å². The van der Waals surface area contributed by atoms with Crippen LogP contribution in [0.15, 0.2) is 42.7 Å². The largest absolute Gasteiger partial charge is 0.496 e. The fourth-order valence-corrected chi connectivity index (χ4v) is 3.80. The van der Waals surface area contributed by atoms with E-state index in [9.17, 15) is 0 Å². The Balaban J connectivity index is 1.39. The third-order valence-electron chi connectivity index (χ3n) is 5.27. The Kier molecular flexibility index (Phi) is 5.92. The number of hydrogen-bond donors (Lipinski definition) is 2. The summed E-state index contributed by atoms with van der Waals surface area (Å²) in [5.41, 5.74) is 2.66. The number of methoxy groups -OCH3 is 2. The molecule has 0 radical (unpaired) electrons. The van der Waals surface area contributed by atoms with Crippen molar-refractivity contribution < 1.29 is 9.47 Å². The first-order valence-electron chi connectivity index (χ1n) is 10.0. The molecule has 1 aliphatic rings. The lowest BCUT2D eigenvalue weighted by Gasteiger charge is -2.16. The maximum absolute atomic E-state index is 5.50. The van der Waals surface area contributed by atoms with Crippen LogP contribution in [0.4, 0.5) is 11.8 Å². The summed E-state index contributed by atoms with van der Waals surface area (Å²) in [6, 6.07) is 10.4. The summed E-state index contributed by atoms with van der Waals surface area (Å²) < 4.78 is 11.0. The molecule has 1 aliphatic carbocycles. The average Bonchev–Trinajstić information content (AvgIpc) is 3.22. The molecule has 0 bridgehead atoms. The van der Waals surface area contributed by atoms with Gasteiger partial charge in [-0.3, -0.25) is 0 Å². The van der Waals surface area contributed by atoms with Crippen molar-refractivity contribution in [1.82, 2.24) is 20.2 Å². The van der Waals surface area contributed by atoms with E-state index < -0.39 is 0 Å². The first-order chi connectivity index (χ1) is 14.7. The molecule has 4 rings (SSSR count). The zero-order valence-electron chi connectivity index (χ0n) is 17.4. The SMILES string of the molecule is COc1cccc(OC)c1-c1ccc(NC2CCC(Nc3ncc(C)nn3)C2)nc1. The van der Waals surface area contributed by atoms with Crippen LogP contribution in [0.3, 0.4) is 0 Å². The Bertz CT molecular complexity index is 956. The molecule has 1 fully saturated rings. The van der Waals surface area contributed by atoms with Crippen molar-refractivity contribution in [3.05, 3.63) is 48.4 Å². The van der Waals surface area contributed by atoms with Gasteiger partial charge in [0.1, 0.15) is 17.3 Å². The molecular weight excluding hydrogens is 380 g/mol. The standard InChI is InChI=1S/C22H26N6O2/c1-14-12-24-22(28-27-14)26-17-9-8-16(11-17)25-20-10-7-15(13-23-20)21-18(29-2)5-4-6-19(21)30-3/h4-7,10,12-13,16-17H,8-9,11H2,1-3H3,(H,23,25)(H,24,26,28). The van der Waals surface area contributed by atoms with Crippen LogP contribution in [0.5, 0.6) is 11.5 Å². The van der Waals surface area contributed by atoms with Crippen molar-refractivity contribution in [2.75, 3.05) is 24.9 Å². The fourth-order valence-electron chi connectivity index (χ4n) is 3.80. The van der Waals surface area contributed by atoms with E-state index in [0.717, 1.165) is 53.4 Å². The topological polar surface area (TPSA) is 94.1 Å². The Morgan fingerprint density at radius 2 is 1.60 bits per heavy atom. The number of aryl methyl sites for hydroxylation is 1. The van der Waals surface area contributed by atoms with E-state index >= 15 is 0 Å². The van der Waals surface area contributed by atoms with Gasteiger partial charge in [-0.05, 0) is 50.5 Å². The molecule has 3 aromatic rings. The number of anilines is 2. The van der Waals surface area contributed by atoms with Gasteiger partial charge in [0, 0.05) is 23.8 Å². The number of rotatable bonds is 7. The molecule has 8 heteroatoms. The molecule has 0 aliphatic heterocycles. The van der Waals surface area contributed by atoms with Gasteiger partial charge in [0.05, 0.1) is 31.7 Å². The second-order valence-electron chi connectivity index (χ2n) is 7.39. The number of pyridine rings is 1. The van der Waals surface area contributed by atoms with Crippen molar-refractivity contribution >= 4 is 11.8 Å². The summed E-state index contributed by atoms with van der Waals surface area (Å²) >= 11 is 0. The molecule has 1 aromatic carbocycles. The highest BCUT2D eigenvalue weighted by Crippen LogP contribution is 2.38. The van der Waals surface area contributed by atoms with Crippen LogP contribution < -0.4 is 20.1 Å². The minimum atomic E-state index is 0.323. The minimum Gasteiger partial charge on any atom is -0.496 e. The van der Waals surface area contributed by atoms with E-state index in [1.165, 1.54) is 0 Å². The zero-order valence-corrected chi connectivity index (χ0v) is 17.4. The van der Waals surface area contributed by atoms with Crippen LogP contribution in [0.2, 0.25) is 0 Å². The summed E-state index contributed by atoms with van der Waals surface area (Å²) in [7, 11) is 3.31. The molecule has 0 spiro atoms. The highest BCUT2D eigenvalue weighted by Gasteiger charge is 2.25.